The number of hydrogen-bond donors (Lipinski definition) is 6. The zero-order valence-electron chi connectivity index (χ0n) is 10.0. The number of aromatic nitrogens is 2. The number of aliphatic hydroxyl groups is 5. The molecule has 1 heterocycles. The highest BCUT2D eigenvalue weighted by atomic mass is 16.4. The van der Waals surface area contributed by atoms with Gasteiger partial charge >= 0.3 is 0 Å². The molecule has 0 aliphatic heterocycles. The van der Waals surface area contributed by atoms with Crippen LogP contribution in [0.3, 0.4) is 0 Å². The van der Waals surface area contributed by atoms with Crippen LogP contribution in [0.25, 0.3) is 11.0 Å². The molecule has 1 aromatic heterocycles. The minimum Gasteiger partial charge on any atom is -0.394 e. The van der Waals surface area contributed by atoms with Gasteiger partial charge in [-0.25, -0.2) is 4.98 Å². The summed E-state index contributed by atoms with van der Waals surface area (Å²) >= 11 is 0. The van der Waals surface area contributed by atoms with Gasteiger partial charge in [-0.1, -0.05) is 12.1 Å². The van der Waals surface area contributed by atoms with Crippen LogP contribution >= 0.6 is 0 Å². The van der Waals surface area contributed by atoms with Crippen molar-refractivity contribution in [2.75, 3.05) is 6.61 Å². The molecule has 7 heteroatoms. The van der Waals surface area contributed by atoms with Crippen LogP contribution in [0, 0.1) is 0 Å². The molecule has 0 spiro atoms. The fourth-order valence-electron chi connectivity index (χ4n) is 1.80. The Balaban J connectivity index is 2.20. The maximum absolute atomic E-state index is 9.91. The van der Waals surface area contributed by atoms with E-state index in [4.69, 9.17) is 5.11 Å². The number of hydrogen-bond acceptors (Lipinski definition) is 6. The first-order valence-electron chi connectivity index (χ1n) is 5.82. The molecule has 104 valence electrons. The van der Waals surface area contributed by atoms with Crippen LogP contribution in [0.4, 0.5) is 0 Å². The van der Waals surface area contributed by atoms with Crippen molar-refractivity contribution in [2.24, 2.45) is 0 Å². The molecule has 7 nitrogen and oxygen atoms in total. The molecule has 0 radical (unpaired) electrons. The maximum Gasteiger partial charge on any atom is 0.140 e. The smallest absolute Gasteiger partial charge is 0.140 e. The summed E-state index contributed by atoms with van der Waals surface area (Å²) in [7, 11) is 0. The Morgan fingerprint density at radius 3 is 2.37 bits per heavy atom. The van der Waals surface area contributed by atoms with Crippen LogP contribution in [0.1, 0.15) is 11.9 Å². The highest BCUT2D eigenvalue weighted by molar-refractivity contribution is 5.74. The van der Waals surface area contributed by atoms with Crippen molar-refractivity contribution in [3.8, 4) is 0 Å². The number of nitrogens with zero attached hydrogens (tertiary/aromatic N) is 1. The second-order valence-electron chi connectivity index (χ2n) is 4.32. The molecule has 0 fully saturated rings. The van der Waals surface area contributed by atoms with Crippen molar-refractivity contribution in [2.45, 2.75) is 24.4 Å². The molecule has 4 atom stereocenters. The molecular formula is C12H16N2O5. The largest absolute Gasteiger partial charge is 0.394 e. The number of imidazole rings is 1. The lowest BCUT2D eigenvalue weighted by Gasteiger charge is -2.24. The second kappa shape index (κ2) is 5.64. The van der Waals surface area contributed by atoms with Crippen LogP contribution < -0.4 is 0 Å². The molecular weight excluding hydrogens is 252 g/mol. The van der Waals surface area contributed by atoms with Crippen LogP contribution in [0.5, 0.6) is 0 Å². The summed E-state index contributed by atoms with van der Waals surface area (Å²) in [6.07, 6.45) is -6.37. The molecule has 0 aliphatic carbocycles. The minimum absolute atomic E-state index is 0.0814. The summed E-state index contributed by atoms with van der Waals surface area (Å²) in [4.78, 5) is 6.89. The van der Waals surface area contributed by atoms with Crippen LogP contribution in [-0.4, -0.2) is 60.4 Å². The standard InChI is InChI=1S/C12H16N2O5/c15-5-8(16)9(17)10(18)11(19)12-13-6-3-1-2-4-7(6)14-12/h1-4,8-11,15-19H,5H2,(H,13,14)/t8-,9+,10+,11+/m0/s1. The lowest BCUT2D eigenvalue weighted by atomic mass is 10.0. The van der Waals surface area contributed by atoms with Gasteiger partial charge in [-0.3, -0.25) is 0 Å². The Hall–Kier alpha value is -1.51. The van der Waals surface area contributed by atoms with Crippen LogP contribution in [0.15, 0.2) is 24.3 Å². The van der Waals surface area contributed by atoms with Gasteiger partial charge in [0.1, 0.15) is 30.2 Å². The highest BCUT2D eigenvalue weighted by Gasteiger charge is 2.32. The first-order chi connectivity index (χ1) is 9.04. The molecule has 0 unspecified atom stereocenters. The maximum atomic E-state index is 9.91. The zero-order valence-corrected chi connectivity index (χ0v) is 10.0. The molecule has 0 saturated carbocycles. The Morgan fingerprint density at radius 1 is 1.05 bits per heavy atom. The number of H-pyrrole nitrogens is 1. The first kappa shape index (κ1) is 13.9. The van der Waals surface area contributed by atoms with Gasteiger partial charge in [-0.05, 0) is 12.1 Å². The van der Waals surface area contributed by atoms with Gasteiger partial charge in [-0.2, -0.15) is 0 Å². The van der Waals surface area contributed by atoms with Gasteiger partial charge in [0.05, 0.1) is 17.6 Å². The lowest BCUT2D eigenvalue weighted by Crippen LogP contribution is -2.42. The number of benzene rings is 1. The third kappa shape index (κ3) is 2.75. The van der Waals surface area contributed by atoms with Crippen LogP contribution in [0.2, 0.25) is 0 Å². The minimum atomic E-state index is -1.67. The summed E-state index contributed by atoms with van der Waals surface area (Å²) in [6.45, 7) is -0.717. The van der Waals surface area contributed by atoms with Gasteiger partial charge in [0.25, 0.3) is 0 Å². The molecule has 0 saturated heterocycles. The molecule has 0 bridgehead atoms. The zero-order chi connectivity index (χ0) is 14.0. The van der Waals surface area contributed by atoms with Crippen LogP contribution in [-0.2, 0) is 0 Å². The Labute approximate surface area is 108 Å². The summed E-state index contributed by atoms with van der Waals surface area (Å²) in [5.74, 6) is 0.0814. The fourth-order valence-corrected chi connectivity index (χ4v) is 1.80. The van der Waals surface area contributed by atoms with E-state index in [1.165, 1.54) is 0 Å². The van der Waals surface area contributed by atoms with Gasteiger partial charge in [-0.15, -0.1) is 0 Å². The Morgan fingerprint density at radius 2 is 1.74 bits per heavy atom. The van der Waals surface area contributed by atoms with E-state index in [2.05, 4.69) is 9.97 Å². The molecule has 2 aromatic rings. The van der Waals surface area contributed by atoms with E-state index in [-0.39, 0.29) is 5.82 Å². The summed E-state index contributed by atoms with van der Waals surface area (Å²) in [6, 6.07) is 7.05. The van der Waals surface area contributed by atoms with E-state index in [1.54, 1.807) is 24.3 Å². The molecule has 19 heavy (non-hydrogen) atoms. The number of nitrogens with one attached hydrogen (secondary N) is 1. The van der Waals surface area contributed by atoms with E-state index < -0.39 is 31.0 Å². The van der Waals surface area contributed by atoms with Crippen molar-refractivity contribution in [1.29, 1.82) is 0 Å². The third-order valence-corrected chi connectivity index (χ3v) is 2.94. The molecule has 1 aromatic carbocycles. The number of para-hydroxylation sites is 2. The van der Waals surface area contributed by atoms with Crippen molar-refractivity contribution >= 4 is 11.0 Å². The number of fused-ring (bicyclic) bond motifs is 1. The van der Waals surface area contributed by atoms with Gasteiger partial charge < -0.3 is 30.5 Å². The van der Waals surface area contributed by atoms with E-state index in [0.29, 0.717) is 11.0 Å². The monoisotopic (exact) mass is 268 g/mol. The SMILES string of the molecule is OC[C@H](O)[C@@H](O)[C@@H](O)[C@@H](O)c1nc2ccccc2[nH]1. The average Bonchev–Trinajstić information content (AvgIpc) is 2.87. The summed E-state index contributed by atoms with van der Waals surface area (Å²) in [5.41, 5.74) is 1.29. The van der Waals surface area contributed by atoms with Gasteiger partial charge in [0.2, 0.25) is 0 Å². The van der Waals surface area contributed by atoms with Crippen molar-refractivity contribution in [1.82, 2.24) is 9.97 Å². The van der Waals surface area contributed by atoms with Crippen molar-refractivity contribution < 1.29 is 25.5 Å². The van der Waals surface area contributed by atoms with Crippen molar-refractivity contribution in [3.05, 3.63) is 30.1 Å². The van der Waals surface area contributed by atoms with E-state index in [9.17, 15) is 20.4 Å². The molecule has 2 rings (SSSR count). The topological polar surface area (TPSA) is 130 Å². The fraction of sp³-hybridized carbons (Fsp3) is 0.417. The summed E-state index contributed by atoms with van der Waals surface area (Å²) < 4.78 is 0. The number of aromatic amines is 1. The molecule has 6 N–H and O–H groups in total. The highest BCUT2D eigenvalue weighted by Crippen LogP contribution is 2.21. The average molecular weight is 268 g/mol. The van der Waals surface area contributed by atoms with E-state index in [1.807, 2.05) is 0 Å². The quantitative estimate of drug-likeness (QED) is 0.398. The normalized spacial score (nSPS) is 18.2. The number of aliphatic hydroxyl groups excluding tert-OH is 5. The van der Waals surface area contributed by atoms with Gasteiger partial charge in [0.15, 0.2) is 0 Å². The second-order valence-corrected chi connectivity index (χ2v) is 4.32. The lowest BCUT2D eigenvalue weighted by molar-refractivity contribution is -0.117. The Bertz CT molecular complexity index is 511. The van der Waals surface area contributed by atoms with E-state index >= 15 is 0 Å². The predicted octanol–water partition coefficient (Wildman–Crippen LogP) is -1.33. The first-order valence-corrected chi connectivity index (χ1v) is 5.82. The molecule has 0 aliphatic rings. The van der Waals surface area contributed by atoms with Gasteiger partial charge in [0, 0.05) is 0 Å². The Kier molecular flexibility index (Phi) is 4.13. The van der Waals surface area contributed by atoms with Crippen molar-refractivity contribution in [3.63, 3.8) is 0 Å². The predicted molar refractivity (Wildman–Crippen MR) is 66.2 cm³/mol. The third-order valence-electron chi connectivity index (χ3n) is 2.94. The summed E-state index contributed by atoms with van der Waals surface area (Å²) in [5, 5.41) is 47.1. The number of rotatable bonds is 5. The van der Waals surface area contributed by atoms with E-state index in [0.717, 1.165) is 0 Å². The molecule has 0 amide bonds.